The molecular formula is C5H8NO-. The molecule has 7 heavy (non-hydrogen) atoms. The lowest BCUT2D eigenvalue weighted by Crippen LogP contribution is -2.41. The molecule has 0 aromatic rings. The topological polar surface area (TPSA) is 26.3 Å². The Hall–Kier alpha value is -0.340. The molecule has 0 N–H and O–H groups in total. The van der Waals surface area contributed by atoms with Gasteiger partial charge in [-0.2, -0.15) is 0 Å². The Balaban J connectivity index is 2.28. The monoisotopic (exact) mass is 98.1 g/mol. The Morgan fingerprint density at radius 1 is 1.86 bits per heavy atom. The van der Waals surface area contributed by atoms with Crippen LogP contribution in [0.2, 0.25) is 0 Å². The lowest BCUT2D eigenvalue weighted by atomic mass is 10.1. The van der Waals surface area contributed by atoms with Gasteiger partial charge in [-0.25, -0.2) is 0 Å². The molecule has 1 fully saturated rings. The van der Waals surface area contributed by atoms with Crippen LogP contribution in [0.4, 0.5) is 0 Å². The Morgan fingerprint density at radius 2 is 2.57 bits per heavy atom. The van der Waals surface area contributed by atoms with E-state index >= 15 is 0 Å². The Morgan fingerprint density at radius 3 is 2.57 bits per heavy atom. The number of hydrogen-bond acceptors (Lipinski definition) is 2. The highest BCUT2D eigenvalue weighted by Gasteiger charge is 2.14. The van der Waals surface area contributed by atoms with Crippen LogP contribution in [0.5, 0.6) is 0 Å². The Kier molecular flexibility index (Phi) is 1.13. The van der Waals surface area contributed by atoms with Gasteiger partial charge in [-0.05, 0) is 13.0 Å². The summed E-state index contributed by atoms with van der Waals surface area (Å²) in [6.07, 6.45) is 2.68. The lowest BCUT2D eigenvalue weighted by Gasteiger charge is -2.44. The third-order valence-electron chi connectivity index (χ3n) is 1.29. The lowest BCUT2D eigenvalue weighted by molar-refractivity contribution is 0.198. The molecule has 1 heterocycles. The van der Waals surface area contributed by atoms with E-state index in [1.165, 1.54) is 0 Å². The third-order valence-corrected chi connectivity index (χ3v) is 1.29. The minimum atomic E-state index is 0.125. The second kappa shape index (κ2) is 1.64. The van der Waals surface area contributed by atoms with Gasteiger partial charge in [0.1, 0.15) is 0 Å². The average molecular weight is 98.1 g/mol. The van der Waals surface area contributed by atoms with Crippen molar-refractivity contribution in [3.05, 3.63) is 17.9 Å². The van der Waals surface area contributed by atoms with Crippen LogP contribution in [0.3, 0.4) is 0 Å². The molecule has 0 bridgehead atoms. The first-order valence-electron chi connectivity index (χ1n) is 2.41. The summed E-state index contributed by atoms with van der Waals surface area (Å²) in [6, 6.07) is 0.125. The first kappa shape index (κ1) is 4.81. The molecular weight excluding hydrogens is 90.1 g/mol. The summed E-state index contributed by atoms with van der Waals surface area (Å²) in [5.74, 6) is 0. The number of rotatable bonds is 1. The molecule has 0 spiro atoms. The highest BCUT2D eigenvalue weighted by Crippen LogP contribution is 2.14. The quantitative estimate of drug-likeness (QED) is 0.452. The van der Waals surface area contributed by atoms with E-state index in [-0.39, 0.29) is 6.04 Å². The molecule has 0 aliphatic carbocycles. The highest BCUT2D eigenvalue weighted by molar-refractivity contribution is 4.95. The van der Waals surface area contributed by atoms with Crippen molar-refractivity contribution >= 4 is 0 Å². The van der Waals surface area contributed by atoms with Crippen molar-refractivity contribution in [1.29, 1.82) is 0 Å². The van der Waals surface area contributed by atoms with Gasteiger partial charge in [0.15, 0.2) is 0 Å². The van der Waals surface area contributed by atoms with E-state index in [2.05, 4.69) is 6.58 Å². The summed E-state index contributed by atoms with van der Waals surface area (Å²) >= 11 is 0. The fourth-order valence-corrected chi connectivity index (χ4v) is 0.619. The molecule has 2 heteroatoms. The maximum absolute atomic E-state index is 10.3. The standard InChI is InChI=1S/C5H8NO/c1-2-5-3-4-6(5)7/h2,5H,1,3-4H2/q-1. The fourth-order valence-electron chi connectivity index (χ4n) is 0.619. The van der Waals surface area contributed by atoms with E-state index in [1.54, 1.807) is 6.08 Å². The minimum Gasteiger partial charge on any atom is -0.785 e. The fraction of sp³-hybridized carbons (Fsp3) is 0.600. The molecule has 0 aromatic heterocycles. The van der Waals surface area contributed by atoms with Gasteiger partial charge >= 0.3 is 0 Å². The summed E-state index contributed by atoms with van der Waals surface area (Å²) in [4.78, 5) is 0. The molecule has 0 radical (unpaired) electrons. The van der Waals surface area contributed by atoms with Gasteiger partial charge in [0.25, 0.3) is 0 Å². The van der Waals surface area contributed by atoms with E-state index in [9.17, 15) is 5.21 Å². The predicted octanol–water partition coefficient (Wildman–Crippen LogP) is 0.744. The van der Waals surface area contributed by atoms with Crippen molar-refractivity contribution in [2.75, 3.05) is 6.54 Å². The second-order valence-electron chi connectivity index (χ2n) is 1.73. The Labute approximate surface area is 43.0 Å². The van der Waals surface area contributed by atoms with Crippen LogP contribution in [0.1, 0.15) is 6.42 Å². The molecule has 1 aliphatic heterocycles. The van der Waals surface area contributed by atoms with Crippen molar-refractivity contribution in [2.45, 2.75) is 12.5 Å². The van der Waals surface area contributed by atoms with E-state index in [0.29, 0.717) is 6.54 Å². The van der Waals surface area contributed by atoms with Gasteiger partial charge in [-0.15, -0.1) is 6.58 Å². The van der Waals surface area contributed by atoms with Crippen LogP contribution < -0.4 is 0 Å². The predicted molar refractivity (Wildman–Crippen MR) is 28.7 cm³/mol. The highest BCUT2D eigenvalue weighted by atomic mass is 16.5. The molecule has 0 aromatic carbocycles. The van der Waals surface area contributed by atoms with Crippen molar-refractivity contribution in [3.8, 4) is 0 Å². The summed E-state index contributed by atoms with van der Waals surface area (Å²) in [6.45, 7) is 4.18. The third kappa shape index (κ3) is 0.667. The molecule has 0 saturated carbocycles. The van der Waals surface area contributed by atoms with Gasteiger partial charge in [-0.1, -0.05) is 6.08 Å². The van der Waals surface area contributed by atoms with Crippen LogP contribution in [0.15, 0.2) is 12.7 Å². The molecule has 1 rings (SSSR count). The van der Waals surface area contributed by atoms with Gasteiger partial charge < -0.3 is 10.3 Å². The normalized spacial score (nSPS) is 31.9. The van der Waals surface area contributed by atoms with E-state index in [4.69, 9.17) is 0 Å². The van der Waals surface area contributed by atoms with Crippen LogP contribution >= 0.6 is 0 Å². The van der Waals surface area contributed by atoms with Crippen molar-refractivity contribution in [2.24, 2.45) is 0 Å². The Bertz CT molecular complexity index is 82.1. The molecule has 40 valence electrons. The smallest absolute Gasteiger partial charge is 0.0169 e. The van der Waals surface area contributed by atoms with Gasteiger partial charge in [0.05, 0.1) is 0 Å². The summed E-state index contributed by atoms with van der Waals surface area (Å²) < 4.78 is 0. The SMILES string of the molecule is C=CC1CCN1[O-]. The van der Waals surface area contributed by atoms with Crippen LogP contribution in [0.25, 0.3) is 0 Å². The van der Waals surface area contributed by atoms with Crippen molar-refractivity contribution in [1.82, 2.24) is 5.06 Å². The number of nitrogens with zero attached hydrogens (tertiary/aromatic N) is 1. The molecule has 1 atom stereocenters. The maximum atomic E-state index is 10.3. The minimum absolute atomic E-state index is 0.125. The van der Waals surface area contributed by atoms with Crippen LogP contribution in [-0.4, -0.2) is 17.6 Å². The second-order valence-corrected chi connectivity index (χ2v) is 1.73. The van der Waals surface area contributed by atoms with Crippen molar-refractivity contribution in [3.63, 3.8) is 0 Å². The van der Waals surface area contributed by atoms with E-state index in [1.807, 2.05) is 0 Å². The maximum Gasteiger partial charge on any atom is 0.0169 e. The average Bonchev–Trinajstić information content (AvgIpc) is 1.65. The summed E-state index contributed by atoms with van der Waals surface area (Å²) in [5.41, 5.74) is 0. The molecule has 1 aliphatic rings. The zero-order chi connectivity index (χ0) is 5.28. The molecule has 2 nitrogen and oxygen atoms in total. The molecule has 0 amide bonds. The van der Waals surface area contributed by atoms with Gasteiger partial charge in [0.2, 0.25) is 0 Å². The van der Waals surface area contributed by atoms with E-state index in [0.717, 1.165) is 11.5 Å². The summed E-state index contributed by atoms with van der Waals surface area (Å²) in [7, 11) is 0. The first-order valence-corrected chi connectivity index (χ1v) is 2.41. The molecule has 1 saturated heterocycles. The largest absolute Gasteiger partial charge is 0.785 e. The summed E-state index contributed by atoms with van der Waals surface area (Å²) in [5, 5.41) is 11.3. The zero-order valence-electron chi connectivity index (χ0n) is 4.13. The van der Waals surface area contributed by atoms with Gasteiger partial charge in [-0.3, -0.25) is 0 Å². The van der Waals surface area contributed by atoms with E-state index < -0.39 is 0 Å². The zero-order valence-corrected chi connectivity index (χ0v) is 4.13. The van der Waals surface area contributed by atoms with Crippen molar-refractivity contribution < 1.29 is 0 Å². The molecule has 1 unspecified atom stereocenters. The number of hydrogen-bond donors (Lipinski definition) is 0. The van der Waals surface area contributed by atoms with Gasteiger partial charge in [0, 0.05) is 6.04 Å². The van der Waals surface area contributed by atoms with Crippen LogP contribution in [-0.2, 0) is 0 Å². The van der Waals surface area contributed by atoms with Crippen LogP contribution in [0, 0.1) is 5.21 Å². The first-order chi connectivity index (χ1) is 3.34. The number of hydroxylamine groups is 2.